The van der Waals surface area contributed by atoms with Gasteiger partial charge in [-0.05, 0) is 65.0 Å². The van der Waals surface area contributed by atoms with Crippen LogP contribution < -0.4 is 10.0 Å². The molecule has 4 heteroatoms. The smallest absolute Gasteiger partial charge is 0.228 e. The maximum absolute atomic E-state index is 12.6. The highest BCUT2D eigenvalue weighted by Crippen LogP contribution is 2.26. The second-order valence-corrected chi connectivity index (χ2v) is 7.83. The third-order valence-corrected chi connectivity index (χ3v) is 5.55. The summed E-state index contributed by atoms with van der Waals surface area (Å²) in [4.78, 5) is 13.7. The number of anilines is 2. The summed E-state index contributed by atoms with van der Waals surface area (Å²) in [6.07, 6.45) is 0.351. The van der Waals surface area contributed by atoms with Crippen LogP contribution in [0.1, 0.15) is 11.1 Å². The first-order valence-electron chi connectivity index (χ1n) is 9.53. The van der Waals surface area contributed by atoms with E-state index in [4.69, 9.17) is 0 Å². The molecule has 144 valence electrons. The van der Waals surface area contributed by atoms with E-state index in [1.807, 2.05) is 67.6 Å². The fraction of sp³-hybridized carbons (Fsp3) is 0.0800. The third-order valence-electron chi connectivity index (χ3n) is 4.72. The monoisotopic (exact) mass is 398 g/mol. The van der Waals surface area contributed by atoms with Crippen LogP contribution in [0.2, 0.25) is 0 Å². The van der Waals surface area contributed by atoms with E-state index in [1.54, 1.807) is 0 Å². The highest BCUT2D eigenvalue weighted by Gasteiger charge is 2.08. The van der Waals surface area contributed by atoms with Crippen molar-refractivity contribution in [2.24, 2.45) is 0 Å². The lowest BCUT2D eigenvalue weighted by Gasteiger charge is -2.12. The minimum Gasteiger partial charge on any atom is -0.326 e. The number of nitrogens with one attached hydrogen (secondary N) is 2. The molecule has 0 aromatic heterocycles. The predicted molar refractivity (Wildman–Crippen MR) is 123 cm³/mol. The number of para-hydroxylation sites is 1. The van der Waals surface area contributed by atoms with Crippen LogP contribution in [0.5, 0.6) is 0 Å². The molecule has 0 fully saturated rings. The average molecular weight is 399 g/mol. The quantitative estimate of drug-likeness (QED) is 0.367. The second-order valence-electron chi connectivity index (χ2n) is 6.95. The molecule has 0 bridgehead atoms. The molecule has 29 heavy (non-hydrogen) atoms. The van der Waals surface area contributed by atoms with E-state index in [0.717, 1.165) is 32.8 Å². The van der Waals surface area contributed by atoms with E-state index in [0.29, 0.717) is 6.42 Å². The Hall–Kier alpha value is -3.24. The maximum Gasteiger partial charge on any atom is 0.228 e. The van der Waals surface area contributed by atoms with Crippen LogP contribution in [0.3, 0.4) is 0 Å². The Bertz CT molecular complexity index is 1140. The SMILES string of the molecule is Cc1ccc(SNc2ccccc2)cc1NC(=O)Cc1ccc2ccccc2c1. The number of carbonyl (C=O) groups excluding carboxylic acids is 1. The Morgan fingerprint density at radius 3 is 2.41 bits per heavy atom. The van der Waals surface area contributed by atoms with Crippen LogP contribution in [0, 0.1) is 6.92 Å². The number of hydrogen-bond donors (Lipinski definition) is 2. The van der Waals surface area contributed by atoms with Gasteiger partial charge in [-0.1, -0.05) is 66.7 Å². The molecular formula is C25H22N2OS. The van der Waals surface area contributed by atoms with Crippen LogP contribution in [0.15, 0.2) is 95.9 Å². The summed E-state index contributed by atoms with van der Waals surface area (Å²) in [5, 5.41) is 5.40. The molecule has 4 rings (SSSR count). The van der Waals surface area contributed by atoms with E-state index in [2.05, 4.69) is 40.4 Å². The van der Waals surface area contributed by atoms with Gasteiger partial charge in [0.25, 0.3) is 0 Å². The Morgan fingerprint density at radius 2 is 1.59 bits per heavy atom. The largest absolute Gasteiger partial charge is 0.326 e. The summed E-state index contributed by atoms with van der Waals surface area (Å²) < 4.78 is 3.32. The van der Waals surface area contributed by atoms with Crippen LogP contribution in [0.25, 0.3) is 10.8 Å². The van der Waals surface area contributed by atoms with Crippen molar-refractivity contribution in [1.82, 2.24) is 0 Å². The molecule has 4 aromatic rings. The van der Waals surface area contributed by atoms with Crippen LogP contribution >= 0.6 is 11.9 Å². The molecule has 0 aliphatic rings. The molecule has 1 amide bonds. The van der Waals surface area contributed by atoms with Gasteiger partial charge in [0.1, 0.15) is 0 Å². The van der Waals surface area contributed by atoms with Crippen molar-refractivity contribution >= 4 is 40.0 Å². The molecule has 0 saturated heterocycles. The van der Waals surface area contributed by atoms with Crippen molar-refractivity contribution in [1.29, 1.82) is 0 Å². The summed E-state index contributed by atoms with van der Waals surface area (Å²) in [5.74, 6) is -0.0125. The lowest BCUT2D eigenvalue weighted by Crippen LogP contribution is -2.15. The lowest BCUT2D eigenvalue weighted by atomic mass is 10.0. The molecule has 3 nitrogen and oxygen atoms in total. The average Bonchev–Trinajstić information content (AvgIpc) is 2.75. The number of hydrogen-bond acceptors (Lipinski definition) is 3. The molecule has 0 heterocycles. The third kappa shape index (κ3) is 4.98. The van der Waals surface area contributed by atoms with Gasteiger partial charge >= 0.3 is 0 Å². The minimum absolute atomic E-state index is 0.0125. The zero-order chi connectivity index (χ0) is 20.1. The summed E-state index contributed by atoms with van der Waals surface area (Å²) in [6, 6.07) is 30.5. The van der Waals surface area contributed by atoms with Crippen molar-refractivity contribution in [3.05, 3.63) is 102 Å². The number of carbonyl (C=O) groups is 1. The van der Waals surface area contributed by atoms with Crippen molar-refractivity contribution < 1.29 is 4.79 Å². The van der Waals surface area contributed by atoms with Gasteiger partial charge in [-0.25, -0.2) is 0 Å². The van der Waals surface area contributed by atoms with Gasteiger partial charge in [-0.2, -0.15) is 0 Å². The van der Waals surface area contributed by atoms with Crippen molar-refractivity contribution in [2.75, 3.05) is 10.0 Å². The van der Waals surface area contributed by atoms with Crippen molar-refractivity contribution in [3.8, 4) is 0 Å². The normalized spacial score (nSPS) is 10.7. The molecule has 0 atom stereocenters. The van der Waals surface area contributed by atoms with Crippen molar-refractivity contribution in [2.45, 2.75) is 18.2 Å². The number of rotatable bonds is 6. The summed E-state index contributed by atoms with van der Waals surface area (Å²) in [5.41, 5.74) is 3.94. The first-order valence-corrected chi connectivity index (χ1v) is 10.4. The first-order chi connectivity index (χ1) is 14.2. The molecular weight excluding hydrogens is 376 g/mol. The van der Waals surface area contributed by atoms with E-state index < -0.39 is 0 Å². The molecule has 0 unspecified atom stereocenters. The fourth-order valence-corrected chi connectivity index (χ4v) is 3.84. The number of amides is 1. The van der Waals surface area contributed by atoms with Crippen LogP contribution in [-0.4, -0.2) is 5.91 Å². The van der Waals surface area contributed by atoms with Gasteiger partial charge in [0, 0.05) is 16.3 Å². The Morgan fingerprint density at radius 1 is 0.828 bits per heavy atom. The van der Waals surface area contributed by atoms with Crippen LogP contribution in [-0.2, 0) is 11.2 Å². The molecule has 0 aliphatic carbocycles. The lowest BCUT2D eigenvalue weighted by molar-refractivity contribution is -0.115. The van der Waals surface area contributed by atoms with Gasteiger partial charge in [0.2, 0.25) is 5.91 Å². The molecule has 0 aliphatic heterocycles. The topological polar surface area (TPSA) is 41.1 Å². The standard InChI is InChI=1S/C25H22N2OS/c1-18-11-14-23(29-27-22-9-3-2-4-10-22)17-24(18)26-25(28)16-19-12-13-20-7-5-6-8-21(20)15-19/h2-15,17,27H,16H2,1H3,(H,26,28). The van der Waals surface area contributed by atoms with Gasteiger partial charge in [-0.3, -0.25) is 4.79 Å². The van der Waals surface area contributed by atoms with E-state index in [1.165, 1.54) is 17.3 Å². The van der Waals surface area contributed by atoms with Crippen LogP contribution in [0.4, 0.5) is 11.4 Å². The van der Waals surface area contributed by atoms with Crippen molar-refractivity contribution in [3.63, 3.8) is 0 Å². The van der Waals surface area contributed by atoms with E-state index in [-0.39, 0.29) is 5.91 Å². The number of benzene rings is 4. The first kappa shape index (κ1) is 19.1. The zero-order valence-corrected chi connectivity index (χ0v) is 17.0. The van der Waals surface area contributed by atoms with Gasteiger partial charge in [0.05, 0.1) is 6.42 Å². The fourth-order valence-electron chi connectivity index (χ4n) is 3.15. The highest BCUT2D eigenvalue weighted by molar-refractivity contribution is 8.00. The minimum atomic E-state index is -0.0125. The molecule has 2 N–H and O–H groups in total. The van der Waals surface area contributed by atoms with E-state index >= 15 is 0 Å². The molecule has 0 spiro atoms. The Kier molecular flexibility index (Phi) is 5.82. The van der Waals surface area contributed by atoms with Gasteiger partial charge in [-0.15, -0.1) is 0 Å². The molecule has 0 radical (unpaired) electrons. The molecule has 4 aromatic carbocycles. The van der Waals surface area contributed by atoms with E-state index in [9.17, 15) is 4.79 Å². The zero-order valence-electron chi connectivity index (χ0n) is 16.2. The predicted octanol–water partition coefficient (Wildman–Crippen LogP) is 6.45. The Labute approximate surface area is 175 Å². The summed E-state index contributed by atoms with van der Waals surface area (Å²) in [6.45, 7) is 2.00. The maximum atomic E-state index is 12.6. The molecule has 0 saturated carbocycles. The number of aryl methyl sites for hydroxylation is 1. The van der Waals surface area contributed by atoms with Gasteiger partial charge < -0.3 is 10.0 Å². The Balaban J connectivity index is 1.42. The highest BCUT2D eigenvalue weighted by atomic mass is 32.2. The number of fused-ring (bicyclic) bond motifs is 1. The summed E-state index contributed by atoms with van der Waals surface area (Å²) >= 11 is 1.53. The second kappa shape index (κ2) is 8.84. The summed E-state index contributed by atoms with van der Waals surface area (Å²) in [7, 11) is 0. The van der Waals surface area contributed by atoms with Gasteiger partial charge in [0.15, 0.2) is 0 Å².